The van der Waals surface area contributed by atoms with E-state index < -0.39 is 0 Å². The van der Waals surface area contributed by atoms with Gasteiger partial charge in [-0.25, -0.2) is 0 Å². The number of H-pyrrole nitrogens is 1. The molecular weight excluding hydrogens is 360 g/mol. The second-order valence-corrected chi connectivity index (χ2v) is 8.42. The fourth-order valence-corrected chi connectivity index (χ4v) is 3.25. The molecule has 2 aromatic carbocycles. The molecule has 4 nitrogen and oxygen atoms in total. The predicted octanol–water partition coefficient (Wildman–Crippen LogP) is 5.46. The number of aromatic amines is 1. The third kappa shape index (κ3) is 4.65. The average molecular weight is 389 g/mol. The number of hydrogen-bond donors (Lipinski definition) is 2. The molecule has 0 spiro atoms. The van der Waals surface area contributed by atoms with Crippen molar-refractivity contribution in [3.8, 4) is 11.1 Å². The molecule has 0 radical (unpaired) electrons. The normalized spacial score (nSPS) is 11.3. The van der Waals surface area contributed by atoms with E-state index in [-0.39, 0.29) is 22.6 Å². The summed E-state index contributed by atoms with van der Waals surface area (Å²) in [4.78, 5) is 27.7. The summed E-state index contributed by atoms with van der Waals surface area (Å²) in [5, 5.41) is 2.76. The Bertz CT molecular complexity index is 1090. The standard InChI is InChI=1S/C25H28N2O2/c1-6-17-8-7-16(2)21(13-17)19-14-22(24(29)26-15-19)27-23(28)18-9-11-20(12-10-18)25(3,4)5/h7-15H,6H2,1-5H3,(H,26,29)(H,27,28). The number of hydrogen-bond acceptors (Lipinski definition) is 2. The van der Waals surface area contributed by atoms with Crippen LogP contribution in [0.5, 0.6) is 0 Å². The van der Waals surface area contributed by atoms with Crippen LogP contribution in [-0.4, -0.2) is 10.9 Å². The minimum absolute atomic E-state index is 0.0192. The average Bonchev–Trinajstić information content (AvgIpc) is 2.69. The number of aromatic nitrogens is 1. The zero-order valence-electron chi connectivity index (χ0n) is 17.7. The van der Waals surface area contributed by atoms with Gasteiger partial charge in [-0.15, -0.1) is 0 Å². The molecular formula is C25H28N2O2. The molecule has 0 fully saturated rings. The lowest BCUT2D eigenvalue weighted by Crippen LogP contribution is -2.20. The van der Waals surface area contributed by atoms with E-state index in [2.05, 4.69) is 56.2 Å². The van der Waals surface area contributed by atoms with Crippen LogP contribution in [-0.2, 0) is 11.8 Å². The summed E-state index contributed by atoms with van der Waals surface area (Å²) in [5.74, 6) is -0.299. The van der Waals surface area contributed by atoms with Crippen LogP contribution in [0.4, 0.5) is 5.69 Å². The fraction of sp³-hybridized carbons (Fsp3) is 0.280. The molecule has 3 aromatic rings. The van der Waals surface area contributed by atoms with Crippen molar-refractivity contribution in [2.45, 2.75) is 46.5 Å². The van der Waals surface area contributed by atoms with Crippen molar-refractivity contribution in [2.24, 2.45) is 0 Å². The highest BCUT2D eigenvalue weighted by Gasteiger charge is 2.15. The second-order valence-electron chi connectivity index (χ2n) is 8.42. The fourth-order valence-electron chi connectivity index (χ4n) is 3.25. The van der Waals surface area contributed by atoms with E-state index in [4.69, 9.17) is 0 Å². The van der Waals surface area contributed by atoms with E-state index in [1.807, 2.05) is 19.1 Å². The Kier molecular flexibility index (Phi) is 5.73. The molecule has 0 aliphatic rings. The van der Waals surface area contributed by atoms with Gasteiger partial charge in [0, 0.05) is 17.3 Å². The van der Waals surface area contributed by atoms with Gasteiger partial charge in [-0.05, 0) is 59.2 Å². The number of amides is 1. The summed E-state index contributed by atoms with van der Waals surface area (Å²) in [6, 6.07) is 15.5. The van der Waals surface area contributed by atoms with Gasteiger partial charge in [0.15, 0.2) is 0 Å². The van der Waals surface area contributed by atoms with Crippen LogP contribution in [0, 0.1) is 6.92 Å². The van der Waals surface area contributed by atoms with E-state index in [1.165, 1.54) is 5.56 Å². The topological polar surface area (TPSA) is 62.0 Å². The van der Waals surface area contributed by atoms with Gasteiger partial charge in [-0.2, -0.15) is 0 Å². The first-order chi connectivity index (χ1) is 13.7. The molecule has 1 heterocycles. The van der Waals surface area contributed by atoms with Crippen molar-refractivity contribution < 1.29 is 4.79 Å². The molecule has 4 heteroatoms. The highest BCUT2D eigenvalue weighted by molar-refractivity contribution is 6.04. The van der Waals surface area contributed by atoms with Crippen molar-refractivity contribution in [3.63, 3.8) is 0 Å². The number of benzene rings is 2. The Balaban J connectivity index is 1.89. The third-order valence-corrected chi connectivity index (χ3v) is 5.19. The van der Waals surface area contributed by atoms with Gasteiger partial charge in [0.1, 0.15) is 5.69 Å². The van der Waals surface area contributed by atoms with Gasteiger partial charge in [0.2, 0.25) is 0 Å². The number of carbonyl (C=O) groups is 1. The molecule has 150 valence electrons. The minimum Gasteiger partial charge on any atom is -0.327 e. The number of aryl methyl sites for hydroxylation is 2. The molecule has 0 aliphatic heterocycles. The Labute approximate surface area is 172 Å². The summed E-state index contributed by atoms with van der Waals surface area (Å²) < 4.78 is 0. The Morgan fingerprint density at radius 2 is 1.72 bits per heavy atom. The minimum atomic E-state index is -0.322. The summed E-state index contributed by atoms with van der Waals surface area (Å²) >= 11 is 0. The Morgan fingerprint density at radius 3 is 2.34 bits per heavy atom. The van der Waals surface area contributed by atoms with Crippen molar-refractivity contribution in [1.82, 2.24) is 4.98 Å². The number of nitrogens with one attached hydrogen (secondary N) is 2. The summed E-state index contributed by atoms with van der Waals surface area (Å²) in [7, 11) is 0. The van der Waals surface area contributed by atoms with Gasteiger partial charge in [0.05, 0.1) is 0 Å². The van der Waals surface area contributed by atoms with E-state index in [1.54, 1.807) is 24.4 Å². The maximum absolute atomic E-state index is 12.7. The molecule has 0 bridgehead atoms. The number of rotatable bonds is 4. The number of anilines is 1. The van der Waals surface area contributed by atoms with Crippen LogP contribution in [0.2, 0.25) is 0 Å². The smallest absolute Gasteiger partial charge is 0.271 e. The molecule has 0 atom stereocenters. The summed E-state index contributed by atoms with van der Waals surface area (Å²) in [6.07, 6.45) is 2.63. The third-order valence-electron chi connectivity index (χ3n) is 5.19. The monoisotopic (exact) mass is 388 g/mol. The Morgan fingerprint density at radius 1 is 1.03 bits per heavy atom. The quantitative estimate of drug-likeness (QED) is 0.623. The first-order valence-corrected chi connectivity index (χ1v) is 9.93. The summed E-state index contributed by atoms with van der Waals surface area (Å²) in [6.45, 7) is 10.5. The lowest BCUT2D eigenvalue weighted by Gasteiger charge is -2.19. The zero-order chi connectivity index (χ0) is 21.2. The maximum Gasteiger partial charge on any atom is 0.271 e. The first-order valence-electron chi connectivity index (χ1n) is 9.93. The summed E-state index contributed by atoms with van der Waals surface area (Å²) in [5.41, 5.74) is 5.87. The highest BCUT2D eigenvalue weighted by atomic mass is 16.2. The largest absolute Gasteiger partial charge is 0.327 e. The van der Waals surface area contributed by atoms with Gasteiger partial charge in [0.25, 0.3) is 11.5 Å². The van der Waals surface area contributed by atoms with Gasteiger partial charge < -0.3 is 10.3 Å². The molecule has 0 saturated heterocycles. The molecule has 1 amide bonds. The first kappa shape index (κ1) is 20.6. The van der Waals surface area contributed by atoms with Crippen LogP contribution < -0.4 is 10.9 Å². The predicted molar refractivity (Wildman–Crippen MR) is 120 cm³/mol. The molecule has 1 aromatic heterocycles. The van der Waals surface area contributed by atoms with Gasteiger partial charge >= 0.3 is 0 Å². The zero-order valence-corrected chi connectivity index (χ0v) is 17.7. The van der Waals surface area contributed by atoms with E-state index in [0.717, 1.165) is 28.7 Å². The molecule has 0 saturated carbocycles. The molecule has 29 heavy (non-hydrogen) atoms. The second kappa shape index (κ2) is 8.08. The molecule has 0 aliphatic carbocycles. The molecule has 3 rings (SSSR count). The Hall–Kier alpha value is -3.14. The van der Waals surface area contributed by atoms with Crippen LogP contribution in [0.15, 0.2) is 59.5 Å². The van der Waals surface area contributed by atoms with E-state index in [0.29, 0.717) is 5.56 Å². The highest BCUT2D eigenvalue weighted by Crippen LogP contribution is 2.26. The van der Waals surface area contributed by atoms with Crippen LogP contribution in [0.25, 0.3) is 11.1 Å². The van der Waals surface area contributed by atoms with Gasteiger partial charge in [-0.3, -0.25) is 9.59 Å². The van der Waals surface area contributed by atoms with Crippen molar-refractivity contribution >= 4 is 11.6 Å². The van der Waals surface area contributed by atoms with Crippen LogP contribution >= 0.6 is 0 Å². The lowest BCUT2D eigenvalue weighted by atomic mass is 9.87. The van der Waals surface area contributed by atoms with E-state index >= 15 is 0 Å². The lowest BCUT2D eigenvalue weighted by molar-refractivity contribution is 0.102. The molecule has 2 N–H and O–H groups in total. The van der Waals surface area contributed by atoms with Crippen LogP contribution in [0.3, 0.4) is 0 Å². The van der Waals surface area contributed by atoms with Gasteiger partial charge in [-0.1, -0.05) is 58.0 Å². The number of pyridine rings is 1. The SMILES string of the molecule is CCc1ccc(C)c(-c2c[nH]c(=O)c(NC(=O)c3ccc(C(C)(C)C)cc3)c2)c1. The van der Waals surface area contributed by atoms with Crippen LogP contribution in [0.1, 0.15) is 54.7 Å². The van der Waals surface area contributed by atoms with Crippen molar-refractivity contribution in [3.05, 3.63) is 87.3 Å². The molecule has 0 unspecified atom stereocenters. The van der Waals surface area contributed by atoms with E-state index in [9.17, 15) is 9.59 Å². The van der Waals surface area contributed by atoms with Crippen molar-refractivity contribution in [1.29, 1.82) is 0 Å². The van der Waals surface area contributed by atoms with Crippen molar-refractivity contribution in [2.75, 3.05) is 5.32 Å². The maximum atomic E-state index is 12.7. The number of carbonyl (C=O) groups excluding carboxylic acids is 1.